The zero-order valence-electron chi connectivity index (χ0n) is 13.9. The summed E-state index contributed by atoms with van der Waals surface area (Å²) in [5.74, 6) is 0.865. The van der Waals surface area contributed by atoms with Gasteiger partial charge in [-0.2, -0.15) is 0 Å². The number of hydrogen-bond donors (Lipinski definition) is 1. The molecule has 1 aliphatic heterocycles. The van der Waals surface area contributed by atoms with Crippen molar-refractivity contribution >= 4 is 21.6 Å². The molecule has 0 saturated heterocycles. The van der Waals surface area contributed by atoms with Crippen LogP contribution in [0.25, 0.3) is 0 Å². The van der Waals surface area contributed by atoms with Crippen LogP contribution in [0.3, 0.4) is 0 Å². The molecular weight excluding hydrogens is 340 g/mol. The molecule has 4 rings (SSSR count). The largest absolute Gasteiger partial charge is 0.468 e. The second-order valence-electron chi connectivity index (χ2n) is 6.73. The molecule has 1 fully saturated rings. The number of benzene rings is 1. The van der Waals surface area contributed by atoms with Crippen molar-refractivity contribution in [2.45, 2.75) is 43.7 Å². The predicted octanol–water partition coefficient (Wildman–Crippen LogP) is 2.45. The van der Waals surface area contributed by atoms with Crippen LogP contribution < -0.4 is 9.62 Å². The van der Waals surface area contributed by atoms with E-state index in [9.17, 15) is 13.2 Å². The fourth-order valence-corrected chi connectivity index (χ4v) is 4.34. The van der Waals surface area contributed by atoms with Crippen LogP contribution in [-0.2, 0) is 27.8 Å². The van der Waals surface area contributed by atoms with E-state index in [-0.39, 0.29) is 29.3 Å². The number of hydrogen-bond acceptors (Lipinski definition) is 4. The van der Waals surface area contributed by atoms with Gasteiger partial charge in [0.15, 0.2) is 0 Å². The van der Waals surface area contributed by atoms with Gasteiger partial charge < -0.3 is 9.32 Å². The summed E-state index contributed by atoms with van der Waals surface area (Å²) in [6.07, 6.45) is 4.10. The lowest BCUT2D eigenvalue weighted by Crippen LogP contribution is -2.36. The summed E-state index contributed by atoms with van der Waals surface area (Å²) in [4.78, 5) is 14.5. The Labute approximate surface area is 146 Å². The van der Waals surface area contributed by atoms with E-state index < -0.39 is 10.0 Å². The van der Waals surface area contributed by atoms with E-state index in [1.54, 1.807) is 30.3 Å². The van der Waals surface area contributed by atoms with Crippen LogP contribution in [0.1, 0.15) is 31.1 Å². The molecule has 0 bridgehead atoms. The molecular formula is C18H20N2O4S. The highest BCUT2D eigenvalue weighted by Gasteiger charge is 2.39. The van der Waals surface area contributed by atoms with Crippen LogP contribution in [0.2, 0.25) is 0 Å². The zero-order valence-corrected chi connectivity index (χ0v) is 14.8. The van der Waals surface area contributed by atoms with Crippen molar-refractivity contribution in [1.29, 1.82) is 0 Å². The second kappa shape index (κ2) is 6.00. The third kappa shape index (κ3) is 3.09. The van der Waals surface area contributed by atoms with Gasteiger partial charge in [0.1, 0.15) is 5.76 Å². The minimum Gasteiger partial charge on any atom is -0.468 e. The quantitative estimate of drug-likeness (QED) is 0.888. The number of carbonyl (C=O) groups excluding carboxylic acids is 1. The van der Waals surface area contributed by atoms with Crippen LogP contribution in [0.5, 0.6) is 0 Å². The Morgan fingerprint density at radius 3 is 2.80 bits per heavy atom. The fourth-order valence-electron chi connectivity index (χ4n) is 3.30. The first-order chi connectivity index (χ1) is 12.0. The van der Waals surface area contributed by atoms with Gasteiger partial charge in [-0.3, -0.25) is 4.79 Å². The van der Waals surface area contributed by atoms with Gasteiger partial charge in [-0.15, -0.1) is 0 Å². The van der Waals surface area contributed by atoms with Crippen LogP contribution in [0.4, 0.5) is 5.69 Å². The lowest BCUT2D eigenvalue weighted by molar-refractivity contribution is -0.120. The molecule has 2 aliphatic rings. The summed E-state index contributed by atoms with van der Waals surface area (Å²) < 4.78 is 32.7. The molecule has 2 heterocycles. The summed E-state index contributed by atoms with van der Waals surface area (Å²) in [6.45, 7) is 2.11. The number of sulfonamides is 1. The summed E-state index contributed by atoms with van der Waals surface area (Å²) in [7, 11) is -3.63. The van der Waals surface area contributed by atoms with Gasteiger partial charge in [-0.25, -0.2) is 13.1 Å². The van der Waals surface area contributed by atoms with Crippen molar-refractivity contribution in [2.75, 3.05) is 4.90 Å². The van der Waals surface area contributed by atoms with Crippen molar-refractivity contribution in [2.24, 2.45) is 5.92 Å². The van der Waals surface area contributed by atoms with E-state index in [0.29, 0.717) is 12.2 Å². The van der Waals surface area contributed by atoms with Gasteiger partial charge in [-0.05, 0) is 62.1 Å². The number of fused-ring (bicyclic) bond motifs is 1. The Hall–Kier alpha value is -2.12. The summed E-state index contributed by atoms with van der Waals surface area (Å²) in [6, 6.07) is 8.49. The van der Waals surface area contributed by atoms with Gasteiger partial charge in [0, 0.05) is 17.6 Å². The first-order valence-electron chi connectivity index (χ1n) is 8.44. The molecule has 6 nitrogen and oxygen atoms in total. The number of rotatable bonds is 5. The number of amides is 1. The molecule has 1 amide bonds. The van der Waals surface area contributed by atoms with Crippen molar-refractivity contribution in [3.63, 3.8) is 0 Å². The molecule has 132 valence electrons. The average molecular weight is 360 g/mol. The third-order valence-electron chi connectivity index (χ3n) is 4.76. The molecule has 2 aromatic rings. The molecule has 0 spiro atoms. The van der Waals surface area contributed by atoms with Crippen LogP contribution in [0.15, 0.2) is 45.9 Å². The standard InChI is InChI=1S/C18H20N2O4S/c1-12-9-14-10-16(25(22,23)19-11-15-3-2-8-24-15)6-7-17(14)20(12)18(21)13-4-5-13/h2-3,6-8,10,12-13,19H,4-5,9,11H2,1H3. The number of furan rings is 1. The highest BCUT2D eigenvalue weighted by molar-refractivity contribution is 7.89. The molecule has 1 unspecified atom stereocenters. The SMILES string of the molecule is CC1Cc2cc(S(=O)(=O)NCc3ccco3)ccc2N1C(=O)C1CC1. The molecule has 0 radical (unpaired) electrons. The Morgan fingerprint density at radius 2 is 2.12 bits per heavy atom. The molecule has 1 saturated carbocycles. The number of nitrogens with one attached hydrogen (secondary N) is 1. The monoisotopic (exact) mass is 360 g/mol. The van der Waals surface area contributed by atoms with Crippen molar-refractivity contribution in [1.82, 2.24) is 4.72 Å². The molecule has 1 atom stereocenters. The van der Waals surface area contributed by atoms with Crippen molar-refractivity contribution < 1.29 is 17.6 Å². The minimum absolute atomic E-state index is 0.0668. The molecule has 1 N–H and O–H groups in total. The van der Waals surface area contributed by atoms with E-state index in [1.165, 1.54) is 6.26 Å². The number of nitrogens with zero attached hydrogens (tertiary/aromatic N) is 1. The minimum atomic E-state index is -3.63. The van der Waals surface area contributed by atoms with E-state index in [1.807, 2.05) is 11.8 Å². The van der Waals surface area contributed by atoms with E-state index in [4.69, 9.17) is 4.42 Å². The summed E-state index contributed by atoms with van der Waals surface area (Å²) in [5.41, 5.74) is 1.75. The van der Waals surface area contributed by atoms with Crippen LogP contribution in [0, 0.1) is 5.92 Å². The Kier molecular flexibility index (Phi) is 3.92. The lowest BCUT2D eigenvalue weighted by atomic mass is 10.1. The van der Waals surface area contributed by atoms with Gasteiger partial charge >= 0.3 is 0 Å². The maximum atomic E-state index is 12.5. The van der Waals surface area contributed by atoms with Crippen LogP contribution in [-0.4, -0.2) is 20.4 Å². The Bertz CT molecular complexity index is 901. The number of anilines is 1. The van der Waals surface area contributed by atoms with Gasteiger partial charge in [0.2, 0.25) is 15.9 Å². The van der Waals surface area contributed by atoms with Gasteiger partial charge in [0.05, 0.1) is 17.7 Å². The molecule has 1 aromatic heterocycles. The summed E-state index contributed by atoms with van der Waals surface area (Å²) >= 11 is 0. The topological polar surface area (TPSA) is 79.6 Å². The molecule has 25 heavy (non-hydrogen) atoms. The molecule has 1 aromatic carbocycles. The molecule has 1 aliphatic carbocycles. The number of carbonyl (C=O) groups is 1. The van der Waals surface area contributed by atoms with E-state index in [0.717, 1.165) is 24.1 Å². The maximum Gasteiger partial charge on any atom is 0.240 e. The highest BCUT2D eigenvalue weighted by Crippen LogP contribution is 2.39. The third-order valence-corrected chi connectivity index (χ3v) is 6.16. The molecule has 7 heteroatoms. The van der Waals surface area contributed by atoms with Crippen molar-refractivity contribution in [3.8, 4) is 0 Å². The second-order valence-corrected chi connectivity index (χ2v) is 8.50. The first-order valence-corrected chi connectivity index (χ1v) is 9.92. The van der Waals surface area contributed by atoms with E-state index >= 15 is 0 Å². The smallest absolute Gasteiger partial charge is 0.240 e. The highest BCUT2D eigenvalue weighted by atomic mass is 32.2. The lowest BCUT2D eigenvalue weighted by Gasteiger charge is -2.22. The maximum absolute atomic E-state index is 12.5. The van der Waals surface area contributed by atoms with Gasteiger partial charge in [-0.1, -0.05) is 0 Å². The van der Waals surface area contributed by atoms with Crippen LogP contribution >= 0.6 is 0 Å². The Morgan fingerprint density at radius 1 is 1.32 bits per heavy atom. The predicted molar refractivity (Wildman–Crippen MR) is 92.6 cm³/mol. The fraction of sp³-hybridized carbons (Fsp3) is 0.389. The zero-order chi connectivity index (χ0) is 17.6. The van der Waals surface area contributed by atoms with Gasteiger partial charge in [0.25, 0.3) is 0 Å². The normalized spacial score (nSPS) is 19.9. The first kappa shape index (κ1) is 16.4. The van der Waals surface area contributed by atoms with E-state index in [2.05, 4.69) is 4.72 Å². The summed E-state index contributed by atoms with van der Waals surface area (Å²) in [5, 5.41) is 0. The van der Waals surface area contributed by atoms with Crippen molar-refractivity contribution in [3.05, 3.63) is 47.9 Å². The average Bonchev–Trinajstić information content (AvgIpc) is 3.19. The Balaban J connectivity index is 1.57.